The van der Waals surface area contributed by atoms with Crippen molar-refractivity contribution in [2.24, 2.45) is 7.05 Å². The van der Waals surface area contributed by atoms with Gasteiger partial charge in [-0.15, -0.1) is 10.2 Å². The molecule has 8 nitrogen and oxygen atoms in total. The highest BCUT2D eigenvalue weighted by atomic mass is 32.2. The zero-order valence-corrected chi connectivity index (χ0v) is 18.5. The lowest BCUT2D eigenvalue weighted by atomic mass is 10.1. The topological polar surface area (TPSA) is 98.9 Å². The molecule has 10 heteroatoms. The number of anilines is 1. The van der Waals surface area contributed by atoms with Crippen molar-refractivity contribution in [2.45, 2.75) is 18.6 Å². The Balaban J connectivity index is 1.40. The second-order valence-corrected chi connectivity index (χ2v) is 8.79. The Labute approximate surface area is 185 Å². The van der Waals surface area contributed by atoms with Crippen LogP contribution in [0.5, 0.6) is 0 Å². The Morgan fingerprint density at radius 3 is 2.58 bits per heavy atom. The maximum absolute atomic E-state index is 12.4. The van der Waals surface area contributed by atoms with Crippen LogP contribution in [0, 0.1) is 0 Å². The minimum atomic E-state index is -0.190. The summed E-state index contributed by atoms with van der Waals surface area (Å²) in [6.07, 6.45) is 0. The summed E-state index contributed by atoms with van der Waals surface area (Å²) in [5.74, 6) is 0.574. The van der Waals surface area contributed by atoms with Crippen LogP contribution >= 0.6 is 23.1 Å². The Bertz CT molecular complexity index is 1320. The number of aromatic nitrogens is 4. The van der Waals surface area contributed by atoms with Crippen LogP contribution < -0.4 is 10.2 Å². The summed E-state index contributed by atoms with van der Waals surface area (Å²) in [4.78, 5) is 35.9. The van der Waals surface area contributed by atoms with Crippen LogP contribution in [0.3, 0.4) is 0 Å². The van der Waals surface area contributed by atoms with Gasteiger partial charge in [-0.1, -0.05) is 35.2 Å². The summed E-state index contributed by atoms with van der Waals surface area (Å²) in [6.45, 7) is 1.80. The highest BCUT2D eigenvalue weighted by Crippen LogP contribution is 2.20. The van der Waals surface area contributed by atoms with E-state index in [1.165, 1.54) is 30.0 Å². The van der Waals surface area contributed by atoms with Crippen molar-refractivity contribution in [1.82, 2.24) is 19.3 Å². The van der Waals surface area contributed by atoms with Crippen LogP contribution in [0.1, 0.15) is 23.1 Å². The number of para-hydroxylation sites is 1. The minimum absolute atomic E-state index is 0.0239. The van der Waals surface area contributed by atoms with Crippen LogP contribution in [0.15, 0.2) is 58.5 Å². The molecule has 0 bridgehead atoms. The average Bonchev–Trinajstić information content (AvgIpc) is 3.26. The predicted molar refractivity (Wildman–Crippen MR) is 122 cm³/mol. The van der Waals surface area contributed by atoms with Gasteiger partial charge in [0.2, 0.25) is 5.91 Å². The number of carbonyl (C=O) groups is 2. The number of benzene rings is 2. The smallest absolute Gasteiger partial charge is 0.308 e. The monoisotopic (exact) mass is 453 g/mol. The molecule has 1 amide bonds. The maximum atomic E-state index is 12.4. The molecule has 158 valence electrons. The lowest BCUT2D eigenvalue weighted by molar-refractivity contribution is -0.113. The quantitative estimate of drug-likeness (QED) is 0.341. The molecule has 0 saturated carbocycles. The van der Waals surface area contributed by atoms with E-state index in [9.17, 15) is 14.4 Å². The molecule has 0 fully saturated rings. The molecule has 0 saturated heterocycles. The molecule has 2 aromatic heterocycles. The summed E-state index contributed by atoms with van der Waals surface area (Å²) in [5.41, 5.74) is 2.08. The van der Waals surface area contributed by atoms with E-state index < -0.39 is 0 Å². The molecule has 31 heavy (non-hydrogen) atoms. The van der Waals surface area contributed by atoms with E-state index in [1.807, 2.05) is 31.3 Å². The molecule has 0 aliphatic heterocycles. The third-order valence-corrected chi connectivity index (χ3v) is 6.69. The lowest BCUT2D eigenvalue weighted by Gasteiger charge is -2.07. The minimum Gasteiger partial charge on any atom is -0.325 e. The van der Waals surface area contributed by atoms with Gasteiger partial charge in [0.25, 0.3) is 0 Å². The number of thiazole rings is 1. The van der Waals surface area contributed by atoms with Crippen LogP contribution in [-0.4, -0.2) is 36.8 Å². The lowest BCUT2D eigenvalue weighted by Crippen LogP contribution is -2.16. The van der Waals surface area contributed by atoms with Gasteiger partial charge in [0, 0.05) is 18.3 Å². The number of fused-ring (bicyclic) bond motifs is 1. The van der Waals surface area contributed by atoms with Gasteiger partial charge in [0.15, 0.2) is 16.8 Å². The zero-order valence-electron chi connectivity index (χ0n) is 16.9. The SMILES string of the molecule is CC(=O)c1ccc(NC(=O)CSc2nnc(Cn3c(=O)sc4ccccc43)n2C)cc1. The second-order valence-electron chi connectivity index (χ2n) is 6.85. The fourth-order valence-corrected chi connectivity index (χ4v) is 4.65. The first-order valence-corrected chi connectivity index (χ1v) is 11.2. The Morgan fingerprint density at radius 2 is 1.84 bits per heavy atom. The number of hydrogen-bond acceptors (Lipinski definition) is 7. The number of hydrogen-bond donors (Lipinski definition) is 1. The first kappa shape index (κ1) is 21.0. The molecule has 2 aromatic carbocycles. The average molecular weight is 454 g/mol. The van der Waals surface area contributed by atoms with Gasteiger partial charge in [-0.05, 0) is 43.3 Å². The number of rotatable bonds is 7. The third-order valence-electron chi connectivity index (χ3n) is 4.71. The van der Waals surface area contributed by atoms with Crippen LogP contribution in [0.25, 0.3) is 10.2 Å². The molecule has 0 radical (unpaired) electrons. The fourth-order valence-electron chi connectivity index (χ4n) is 3.03. The zero-order chi connectivity index (χ0) is 22.0. The van der Waals surface area contributed by atoms with Crippen molar-refractivity contribution in [3.8, 4) is 0 Å². The van der Waals surface area contributed by atoms with E-state index in [0.29, 0.717) is 28.8 Å². The van der Waals surface area contributed by atoms with Crippen LogP contribution in [0.4, 0.5) is 5.69 Å². The summed E-state index contributed by atoms with van der Waals surface area (Å²) >= 11 is 2.46. The van der Waals surface area contributed by atoms with E-state index in [2.05, 4.69) is 15.5 Å². The summed E-state index contributed by atoms with van der Waals surface area (Å²) in [5, 5.41) is 11.7. The van der Waals surface area contributed by atoms with Crippen LogP contribution in [-0.2, 0) is 18.4 Å². The molecular formula is C21H19N5O3S2. The molecule has 2 heterocycles. The standard InChI is InChI=1S/C21H19N5O3S2/c1-13(27)14-7-9-15(10-8-14)22-19(28)12-30-20-24-23-18(25(20)2)11-26-16-5-3-4-6-17(16)31-21(26)29/h3-10H,11-12H2,1-2H3,(H,22,28). The number of Topliss-reactive ketones (excluding diaryl/α,β-unsaturated/α-hetero) is 1. The molecule has 0 unspecified atom stereocenters. The molecular weight excluding hydrogens is 434 g/mol. The molecule has 0 aliphatic rings. The summed E-state index contributed by atoms with van der Waals surface area (Å²) in [7, 11) is 1.82. The Morgan fingerprint density at radius 1 is 1.10 bits per heavy atom. The summed E-state index contributed by atoms with van der Waals surface area (Å²) in [6, 6.07) is 14.4. The highest BCUT2D eigenvalue weighted by molar-refractivity contribution is 7.99. The van der Waals surface area contributed by atoms with Gasteiger partial charge >= 0.3 is 4.87 Å². The van der Waals surface area contributed by atoms with Crippen molar-refractivity contribution >= 4 is 50.7 Å². The third kappa shape index (κ3) is 4.59. The molecule has 4 rings (SSSR count). The first-order chi connectivity index (χ1) is 14.9. The second kappa shape index (κ2) is 8.86. The van der Waals surface area contributed by atoms with E-state index in [1.54, 1.807) is 33.4 Å². The van der Waals surface area contributed by atoms with Gasteiger partial charge in [0.05, 0.1) is 22.5 Å². The largest absolute Gasteiger partial charge is 0.325 e. The van der Waals surface area contributed by atoms with Crippen molar-refractivity contribution in [3.05, 3.63) is 69.6 Å². The van der Waals surface area contributed by atoms with Crippen molar-refractivity contribution in [3.63, 3.8) is 0 Å². The van der Waals surface area contributed by atoms with Gasteiger partial charge in [-0.25, -0.2) is 0 Å². The molecule has 4 aromatic rings. The van der Waals surface area contributed by atoms with Crippen molar-refractivity contribution in [2.75, 3.05) is 11.1 Å². The first-order valence-electron chi connectivity index (χ1n) is 9.42. The van der Waals surface area contributed by atoms with Gasteiger partial charge in [0.1, 0.15) is 0 Å². The van der Waals surface area contributed by atoms with Crippen molar-refractivity contribution < 1.29 is 9.59 Å². The number of nitrogens with one attached hydrogen (secondary N) is 1. The molecule has 1 N–H and O–H groups in total. The Hall–Kier alpha value is -3.24. The number of nitrogens with zero attached hydrogens (tertiary/aromatic N) is 4. The normalized spacial score (nSPS) is 11.0. The van der Waals surface area contributed by atoms with Crippen molar-refractivity contribution in [1.29, 1.82) is 0 Å². The van der Waals surface area contributed by atoms with E-state index in [-0.39, 0.29) is 22.3 Å². The van der Waals surface area contributed by atoms with Crippen LogP contribution in [0.2, 0.25) is 0 Å². The number of ketones is 1. The number of carbonyl (C=O) groups excluding carboxylic acids is 2. The fraction of sp³-hybridized carbons (Fsp3) is 0.190. The molecule has 0 spiro atoms. The van der Waals surface area contributed by atoms with Gasteiger partial charge in [-0.2, -0.15) is 0 Å². The van der Waals surface area contributed by atoms with Gasteiger partial charge < -0.3 is 9.88 Å². The summed E-state index contributed by atoms with van der Waals surface area (Å²) < 4.78 is 4.39. The predicted octanol–water partition coefficient (Wildman–Crippen LogP) is 3.17. The Kier molecular flexibility index (Phi) is 6.01. The van der Waals surface area contributed by atoms with E-state index in [0.717, 1.165) is 10.2 Å². The number of thioether (sulfide) groups is 1. The highest BCUT2D eigenvalue weighted by Gasteiger charge is 2.15. The van der Waals surface area contributed by atoms with Gasteiger partial charge in [-0.3, -0.25) is 19.0 Å². The molecule has 0 atom stereocenters. The number of amides is 1. The molecule has 0 aliphatic carbocycles. The van der Waals surface area contributed by atoms with E-state index in [4.69, 9.17) is 0 Å². The maximum Gasteiger partial charge on any atom is 0.308 e. The van der Waals surface area contributed by atoms with E-state index >= 15 is 0 Å².